The van der Waals surface area contributed by atoms with Gasteiger partial charge in [0.1, 0.15) is 17.3 Å². The SMILES string of the molecule is COc1cccc(C(O)=C2C(=O)C(=O)N(CC[NH+](C)C)[C@H]2c2ccccc2F)c1. The number of rotatable bonds is 6. The van der Waals surface area contributed by atoms with Crippen molar-refractivity contribution in [3.63, 3.8) is 0 Å². The fourth-order valence-electron chi connectivity index (χ4n) is 3.40. The Kier molecular flexibility index (Phi) is 5.98. The molecule has 152 valence electrons. The Morgan fingerprint density at radius 1 is 1.17 bits per heavy atom. The van der Waals surface area contributed by atoms with Crippen molar-refractivity contribution < 1.29 is 28.7 Å². The average Bonchev–Trinajstić information content (AvgIpc) is 2.96. The summed E-state index contributed by atoms with van der Waals surface area (Å²) >= 11 is 0. The molecule has 0 saturated carbocycles. The molecule has 1 aliphatic rings. The molecular formula is C22H24FN2O4+. The lowest BCUT2D eigenvalue weighted by Gasteiger charge is -2.26. The first kappa shape index (κ1) is 20.5. The molecule has 0 spiro atoms. The van der Waals surface area contributed by atoms with Crippen LogP contribution in [-0.4, -0.2) is 56.0 Å². The Balaban J connectivity index is 2.18. The molecule has 1 heterocycles. The lowest BCUT2D eigenvalue weighted by atomic mass is 9.95. The van der Waals surface area contributed by atoms with Gasteiger partial charge in [-0.25, -0.2) is 4.39 Å². The minimum atomic E-state index is -0.998. The predicted molar refractivity (Wildman–Crippen MR) is 106 cm³/mol. The minimum absolute atomic E-state index is 0.123. The van der Waals surface area contributed by atoms with Crippen molar-refractivity contribution in [3.05, 3.63) is 71.0 Å². The van der Waals surface area contributed by atoms with Gasteiger partial charge in [0.15, 0.2) is 0 Å². The Hall–Kier alpha value is -3.19. The van der Waals surface area contributed by atoms with Crippen LogP contribution in [0.3, 0.4) is 0 Å². The molecule has 1 aliphatic heterocycles. The molecule has 0 bridgehead atoms. The van der Waals surface area contributed by atoms with Crippen LogP contribution in [0.4, 0.5) is 4.39 Å². The van der Waals surface area contributed by atoms with Gasteiger partial charge in [-0.3, -0.25) is 9.59 Å². The van der Waals surface area contributed by atoms with E-state index in [1.807, 2.05) is 14.1 Å². The van der Waals surface area contributed by atoms with Gasteiger partial charge in [-0.2, -0.15) is 0 Å². The summed E-state index contributed by atoms with van der Waals surface area (Å²) in [4.78, 5) is 28.0. The van der Waals surface area contributed by atoms with E-state index in [4.69, 9.17) is 4.74 Å². The molecule has 1 fully saturated rings. The highest BCUT2D eigenvalue weighted by atomic mass is 19.1. The normalized spacial score (nSPS) is 18.5. The molecule has 1 amide bonds. The molecule has 0 radical (unpaired) electrons. The molecule has 0 aliphatic carbocycles. The first-order chi connectivity index (χ1) is 13.8. The van der Waals surface area contributed by atoms with Gasteiger partial charge >= 0.3 is 0 Å². The molecule has 0 unspecified atom stereocenters. The van der Waals surface area contributed by atoms with E-state index in [1.165, 1.54) is 30.2 Å². The minimum Gasteiger partial charge on any atom is -0.507 e. The Labute approximate surface area is 168 Å². The molecular weight excluding hydrogens is 375 g/mol. The number of nitrogens with zero attached hydrogens (tertiary/aromatic N) is 1. The Bertz CT molecular complexity index is 971. The van der Waals surface area contributed by atoms with E-state index in [9.17, 15) is 19.1 Å². The van der Waals surface area contributed by atoms with E-state index in [0.717, 1.165) is 4.90 Å². The van der Waals surface area contributed by atoms with Crippen molar-refractivity contribution in [2.24, 2.45) is 0 Å². The van der Waals surface area contributed by atoms with E-state index < -0.39 is 23.5 Å². The number of methoxy groups -OCH3 is 1. The van der Waals surface area contributed by atoms with Gasteiger partial charge in [-0.05, 0) is 18.2 Å². The zero-order chi connectivity index (χ0) is 21.1. The van der Waals surface area contributed by atoms with Gasteiger partial charge in [0.05, 0.1) is 45.9 Å². The fraction of sp³-hybridized carbons (Fsp3) is 0.273. The highest BCUT2D eigenvalue weighted by molar-refractivity contribution is 6.46. The van der Waals surface area contributed by atoms with Gasteiger partial charge in [-0.1, -0.05) is 30.3 Å². The van der Waals surface area contributed by atoms with Crippen LogP contribution in [0.5, 0.6) is 5.75 Å². The summed E-state index contributed by atoms with van der Waals surface area (Å²) in [5.41, 5.74) is 0.369. The number of aliphatic hydroxyl groups is 1. The summed E-state index contributed by atoms with van der Waals surface area (Å²) in [6.07, 6.45) is 0. The first-order valence-electron chi connectivity index (χ1n) is 9.31. The number of nitrogens with one attached hydrogen (secondary N) is 1. The average molecular weight is 399 g/mol. The summed E-state index contributed by atoms with van der Waals surface area (Å²) in [6, 6.07) is 11.5. The van der Waals surface area contributed by atoms with E-state index in [-0.39, 0.29) is 23.4 Å². The van der Waals surface area contributed by atoms with Crippen molar-refractivity contribution in [1.29, 1.82) is 0 Å². The highest BCUT2D eigenvalue weighted by Gasteiger charge is 2.47. The zero-order valence-corrected chi connectivity index (χ0v) is 16.6. The largest absolute Gasteiger partial charge is 0.507 e. The number of carbonyl (C=O) groups excluding carboxylic acids is 2. The van der Waals surface area contributed by atoms with Crippen LogP contribution in [0.1, 0.15) is 17.2 Å². The summed E-state index contributed by atoms with van der Waals surface area (Å²) in [5, 5.41) is 10.9. The zero-order valence-electron chi connectivity index (χ0n) is 16.6. The summed E-state index contributed by atoms with van der Waals surface area (Å²) in [7, 11) is 5.33. The third-order valence-corrected chi connectivity index (χ3v) is 4.94. The third kappa shape index (κ3) is 4.00. The number of likely N-dealkylation sites (tertiary alicyclic amines) is 1. The smallest absolute Gasteiger partial charge is 0.295 e. The number of amides is 1. The van der Waals surface area contributed by atoms with Gasteiger partial charge < -0.3 is 19.6 Å². The molecule has 29 heavy (non-hydrogen) atoms. The fourth-order valence-corrected chi connectivity index (χ4v) is 3.40. The Morgan fingerprint density at radius 2 is 1.90 bits per heavy atom. The second-order valence-corrected chi connectivity index (χ2v) is 7.20. The molecule has 1 saturated heterocycles. The van der Waals surface area contributed by atoms with E-state index >= 15 is 0 Å². The van der Waals surface area contributed by atoms with Crippen LogP contribution in [-0.2, 0) is 9.59 Å². The number of carbonyl (C=O) groups is 2. The molecule has 3 rings (SSSR count). The quantitative estimate of drug-likeness (QED) is 0.438. The summed E-state index contributed by atoms with van der Waals surface area (Å²) < 4.78 is 19.8. The second-order valence-electron chi connectivity index (χ2n) is 7.20. The van der Waals surface area contributed by atoms with Crippen molar-refractivity contribution >= 4 is 17.4 Å². The summed E-state index contributed by atoms with van der Waals surface area (Å²) in [6.45, 7) is 0.817. The monoisotopic (exact) mass is 399 g/mol. The first-order valence-corrected chi connectivity index (χ1v) is 9.31. The number of aliphatic hydroxyl groups excluding tert-OH is 1. The van der Waals surface area contributed by atoms with Crippen LogP contribution in [0.15, 0.2) is 54.1 Å². The number of ether oxygens (including phenoxy) is 1. The number of hydrogen-bond acceptors (Lipinski definition) is 4. The van der Waals surface area contributed by atoms with Gasteiger partial charge in [-0.15, -0.1) is 0 Å². The van der Waals surface area contributed by atoms with Crippen LogP contribution in [0, 0.1) is 5.82 Å². The molecule has 1 atom stereocenters. The Morgan fingerprint density at radius 3 is 2.55 bits per heavy atom. The maximum atomic E-state index is 14.6. The molecule has 0 aromatic heterocycles. The number of benzene rings is 2. The molecule has 7 heteroatoms. The predicted octanol–water partition coefficient (Wildman–Crippen LogP) is 1.40. The van der Waals surface area contributed by atoms with Crippen molar-refractivity contribution in [2.45, 2.75) is 6.04 Å². The highest BCUT2D eigenvalue weighted by Crippen LogP contribution is 2.40. The number of ketones is 1. The maximum absolute atomic E-state index is 14.6. The maximum Gasteiger partial charge on any atom is 0.295 e. The van der Waals surface area contributed by atoms with Crippen molar-refractivity contribution in [3.8, 4) is 5.75 Å². The number of likely N-dealkylation sites (N-methyl/N-ethyl adjacent to an activating group) is 1. The van der Waals surface area contributed by atoms with Crippen LogP contribution in [0.2, 0.25) is 0 Å². The van der Waals surface area contributed by atoms with Crippen molar-refractivity contribution in [1.82, 2.24) is 4.90 Å². The lowest BCUT2D eigenvalue weighted by Crippen LogP contribution is -3.06. The summed E-state index contributed by atoms with van der Waals surface area (Å²) in [5.74, 6) is -1.98. The lowest BCUT2D eigenvalue weighted by molar-refractivity contribution is -0.857. The van der Waals surface area contributed by atoms with Crippen LogP contribution >= 0.6 is 0 Å². The number of quaternary nitrogens is 1. The molecule has 2 aromatic rings. The topological polar surface area (TPSA) is 71.3 Å². The van der Waals surface area contributed by atoms with E-state index in [1.54, 1.807) is 30.3 Å². The second kappa shape index (κ2) is 8.45. The number of halogens is 1. The van der Waals surface area contributed by atoms with E-state index in [0.29, 0.717) is 17.9 Å². The van der Waals surface area contributed by atoms with Gasteiger partial charge in [0, 0.05) is 11.1 Å². The third-order valence-electron chi connectivity index (χ3n) is 4.94. The van der Waals surface area contributed by atoms with E-state index in [2.05, 4.69) is 0 Å². The number of Topliss-reactive ketones (excluding diaryl/α,β-unsaturated/α-hetero) is 1. The van der Waals surface area contributed by atoms with Crippen LogP contribution < -0.4 is 9.64 Å². The standard InChI is InChI=1S/C22H23FN2O4/c1-24(2)11-12-25-19(16-9-4-5-10-17(16)23)18(21(27)22(25)28)20(26)14-7-6-8-15(13-14)29-3/h4-10,13,19,26H,11-12H2,1-3H3/p+1/t19-/m0/s1. The number of hydrogen-bond donors (Lipinski definition) is 2. The van der Waals surface area contributed by atoms with Crippen LogP contribution in [0.25, 0.3) is 5.76 Å². The van der Waals surface area contributed by atoms with Crippen molar-refractivity contribution in [2.75, 3.05) is 34.3 Å². The molecule has 2 N–H and O–H groups in total. The molecule has 6 nitrogen and oxygen atoms in total. The van der Waals surface area contributed by atoms with Gasteiger partial charge in [0.2, 0.25) is 0 Å². The molecule has 2 aromatic carbocycles. The van der Waals surface area contributed by atoms with Gasteiger partial charge in [0.25, 0.3) is 11.7 Å².